The summed E-state index contributed by atoms with van der Waals surface area (Å²) in [6, 6.07) is 6.93. The molecule has 2 rings (SSSR count). The van der Waals surface area contributed by atoms with Gasteiger partial charge >= 0.3 is 0 Å². The summed E-state index contributed by atoms with van der Waals surface area (Å²) in [4.78, 5) is 0. The number of phenols is 1. The molecule has 23 heavy (non-hydrogen) atoms. The number of halogens is 1. The third-order valence-corrected chi connectivity index (χ3v) is 5.46. The van der Waals surface area contributed by atoms with Crippen LogP contribution < -0.4 is 0 Å². The van der Waals surface area contributed by atoms with Crippen molar-refractivity contribution in [3.63, 3.8) is 0 Å². The van der Waals surface area contributed by atoms with E-state index in [2.05, 4.69) is 6.92 Å². The Hall–Kier alpha value is -1.05. The summed E-state index contributed by atoms with van der Waals surface area (Å²) in [5.41, 5.74) is 0.981. The Morgan fingerprint density at radius 2 is 1.61 bits per heavy atom. The van der Waals surface area contributed by atoms with E-state index in [9.17, 15) is 9.50 Å². The topological polar surface area (TPSA) is 20.2 Å². The molecule has 1 fully saturated rings. The minimum absolute atomic E-state index is 0.250. The highest BCUT2D eigenvalue weighted by Gasteiger charge is 2.21. The van der Waals surface area contributed by atoms with Gasteiger partial charge in [-0.1, -0.05) is 70.4 Å². The third kappa shape index (κ3) is 6.93. The largest absolute Gasteiger partial charge is 0.508 e. The summed E-state index contributed by atoms with van der Waals surface area (Å²) in [5.74, 6) is 1.94. The van der Waals surface area contributed by atoms with Crippen molar-refractivity contribution in [1.82, 2.24) is 0 Å². The van der Waals surface area contributed by atoms with E-state index in [1.807, 2.05) is 12.1 Å². The van der Waals surface area contributed by atoms with Crippen LogP contribution in [0.3, 0.4) is 0 Å². The first-order valence-corrected chi connectivity index (χ1v) is 9.59. The van der Waals surface area contributed by atoms with Crippen molar-refractivity contribution in [3.8, 4) is 5.75 Å². The normalized spacial score (nSPS) is 22.9. The number of benzene rings is 1. The van der Waals surface area contributed by atoms with Gasteiger partial charge < -0.3 is 5.11 Å². The van der Waals surface area contributed by atoms with Gasteiger partial charge in [0.2, 0.25) is 0 Å². The quantitative estimate of drug-likeness (QED) is 0.519. The fourth-order valence-corrected chi connectivity index (χ4v) is 3.90. The Morgan fingerprint density at radius 1 is 1.00 bits per heavy atom. The summed E-state index contributed by atoms with van der Waals surface area (Å²) >= 11 is 0. The molecule has 1 aliphatic rings. The fraction of sp³-hybridized carbons (Fsp3) is 0.714. The lowest BCUT2D eigenvalue weighted by Crippen LogP contribution is -2.16. The second kappa shape index (κ2) is 9.95. The molecule has 0 bridgehead atoms. The van der Waals surface area contributed by atoms with E-state index in [-0.39, 0.29) is 5.75 Å². The standard InChI is InChI=1S/C21H33FO/c1-2-3-4-5-17-6-8-18(9-7-17)10-13-20(22)16-19-11-14-21(23)15-12-19/h11-12,14-15,17-18,20,23H,2-10,13,16H2,1H3. The van der Waals surface area contributed by atoms with Crippen molar-refractivity contribution in [3.05, 3.63) is 29.8 Å². The molecule has 1 aromatic carbocycles. The lowest BCUT2D eigenvalue weighted by Gasteiger charge is -2.29. The van der Waals surface area contributed by atoms with Gasteiger partial charge in [-0.3, -0.25) is 0 Å². The molecule has 130 valence electrons. The Balaban J connectivity index is 1.60. The van der Waals surface area contributed by atoms with Crippen LogP contribution in [0.15, 0.2) is 24.3 Å². The Morgan fingerprint density at radius 3 is 2.22 bits per heavy atom. The summed E-state index contributed by atoms with van der Waals surface area (Å²) in [5, 5.41) is 9.26. The first-order valence-electron chi connectivity index (χ1n) is 9.59. The first-order chi connectivity index (χ1) is 11.2. The van der Waals surface area contributed by atoms with Crippen LogP contribution in [0.2, 0.25) is 0 Å². The number of hydrogen-bond donors (Lipinski definition) is 1. The van der Waals surface area contributed by atoms with E-state index in [4.69, 9.17) is 0 Å². The van der Waals surface area contributed by atoms with Crippen LogP contribution in [-0.2, 0) is 6.42 Å². The summed E-state index contributed by atoms with van der Waals surface area (Å²) in [6.45, 7) is 2.27. The maximum absolute atomic E-state index is 14.2. The van der Waals surface area contributed by atoms with Gasteiger partial charge in [-0.25, -0.2) is 4.39 Å². The number of unbranched alkanes of at least 4 members (excludes halogenated alkanes) is 2. The molecule has 0 spiro atoms. The SMILES string of the molecule is CCCCCC1CCC(CCC(F)Cc2ccc(O)cc2)CC1. The summed E-state index contributed by atoms with van der Waals surface area (Å²) in [6.07, 6.45) is 12.3. The second-order valence-corrected chi connectivity index (χ2v) is 7.43. The molecule has 0 aromatic heterocycles. The number of aromatic hydroxyl groups is 1. The number of hydrogen-bond acceptors (Lipinski definition) is 1. The molecule has 0 amide bonds. The third-order valence-electron chi connectivity index (χ3n) is 5.46. The van der Waals surface area contributed by atoms with Gasteiger partial charge in [-0.2, -0.15) is 0 Å². The maximum Gasteiger partial charge on any atom is 0.115 e. The molecule has 1 atom stereocenters. The van der Waals surface area contributed by atoms with Crippen LogP contribution >= 0.6 is 0 Å². The fourth-order valence-electron chi connectivity index (χ4n) is 3.90. The summed E-state index contributed by atoms with van der Waals surface area (Å²) < 4.78 is 14.2. The van der Waals surface area contributed by atoms with E-state index in [0.29, 0.717) is 12.8 Å². The highest BCUT2D eigenvalue weighted by atomic mass is 19.1. The van der Waals surface area contributed by atoms with Crippen LogP contribution in [-0.4, -0.2) is 11.3 Å². The second-order valence-electron chi connectivity index (χ2n) is 7.43. The molecule has 1 aliphatic carbocycles. The zero-order valence-electron chi connectivity index (χ0n) is 14.6. The molecular formula is C21H33FO. The van der Waals surface area contributed by atoms with E-state index in [1.54, 1.807) is 12.1 Å². The molecule has 0 aliphatic heterocycles. The van der Waals surface area contributed by atoms with Gasteiger partial charge in [0.1, 0.15) is 11.9 Å². The summed E-state index contributed by atoms with van der Waals surface area (Å²) in [7, 11) is 0. The van der Waals surface area contributed by atoms with Gasteiger partial charge in [0.05, 0.1) is 0 Å². The molecule has 1 unspecified atom stereocenters. The van der Waals surface area contributed by atoms with E-state index in [1.165, 1.54) is 51.4 Å². The molecule has 0 heterocycles. The minimum Gasteiger partial charge on any atom is -0.508 e. The molecule has 0 saturated heterocycles. The van der Waals surface area contributed by atoms with Gasteiger partial charge in [-0.05, 0) is 42.4 Å². The van der Waals surface area contributed by atoms with Gasteiger partial charge in [-0.15, -0.1) is 0 Å². The maximum atomic E-state index is 14.2. The predicted octanol–water partition coefficient (Wildman–Crippen LogP) is 6.44. The Kier molecular flexibility index (Phi) is 7.91. The lowest BCUT2D eigenvalue weighted by atomic mass is 9.78. The monoisotopic (exact) mass is 320 g/mol. The van der Waals surface area contributed by atoms with Crippen molar-refractivity contribution in [2.45, 2.75) is 83.7 Å². The molecular weight excluding hydrogens is 287 g/mol. The van der Waals surface area contributed by atoms with Crippen molar-refractivity contribution in [2.75, 3.05) is 0 Å². The Labute approximate surface area is 141 Å². The molecule has 1 aromatic rings. The van der Waals surface area contributed by atoms with Crippen LogP contribution in [0.25, 0.3) is 0 Å². The van der Waals surface area contributed by atoms with Gasteiger partial charge in [0.15, 0.2) is 0 Å². The molecule has 2 heteroatoms. The van der Waals surface area contributed by atoms with E-state index >= 15 is 0 Å². The average Bonchev–Trinajstić information content (AvgIpc) is 2.56. The first kappa shape index (κ1) is 18.3. The number of phenolic OH excluding ortho intramolecular Hbond substituents is 1. The van der Waals surface area contributed by atoms with Crippen molar-refractivity contribution in [2.24, 2.45) is 11.8 Å². The van der Waals surface area contributed by atoms with E-state index < -0.39 is 6.17 Å². The average molecular weight is 320 g/mol. The minimum atomic E-state index is -0.748. The smallest absolute Gasteiger partial charge is 0.115 e. The Bertz CT molecular complexity index is 420. The molecule has 1 saturated carbocycles. The zero-order chi connectivity index (χ0) is 16.5. The van der Waals surface area contributed by atoms with Crippen molar-refractivity contribution >= 4 is 0 Å². The van der Waals surface area contributed by atoms with Gasteiger partial charge in [0, 0.05) is 6.42 Å². The van der Waals surface area contributed by atoms with Crippen molar-refractivity contribution < 1.29 is 9.50 Å². The highest BCUT2D eigenvalue weighted by molar-refractivity contribution is 5.26. The van der Waals surface area contributed by atoms with Crippen LogP contribution in [0, 0.1) is 11.8 Å². The van der Waals surface area contributed by atoms with Crippen LogP contribution in [0.1, 0.15) is 76.7 Å². The number of rotatable bonds is 9. The highest BCUT2D eigenvalue weighted by Crippen LogP contribution is 2.34. The molecule has 1 nitrogen and oxygen atoms in total. The van der Waals surface area contributed by atoms with Crippen LogP contribution in [0.5, 0.6) is 5.75 Å². The number of alkyl halides is 1. The molecule has 0 radical (unpaired) electrons. The molecule has 1 N–H and O–H groups in total. The van der Waals surface area contributed by atoms with E-state index in [0.717, 1.165) is 23.8 Å². The van der Waals surface area contributed by atoms with Crippen LogP contribution in [0.4, 0.5) is 4.39 Å². The lowest BCUT2D eigenvalue weighted by molar-refractivity contribution is 0.220. The zero-order valence-corrected chi connectivity index (χ0v) is 14.6. The van der Waals surface area contributed by atoms with Crippen molar-refractivity contribution in [1.29, 1.82) is 0 Å². The predicted molar refractivity (Wildman–Crippen MR) is 95.5 cm³/mol. The van der Waals surface area contributed by atoms with Gasteiger partial charge in [0.25, 0.3) is 0 Å².